The van der Waals surface area contributed by atoms with Crippen molar-refractivity contribution in [3.63, 3.8) is 0 Å². The average Bonchev–Trinajstić information content (AvgIpc) is 2.68. The summed E-state index contributed by atoms with van der Waals surface area (Å²) in [5, 5.41) is 2.57. The Morgan fingerprint density at radius 2 is 1.50 bits per heavy atom. The highest BCUT2D eigenvalue weighted by Crippen LogP contribution is 2.26. The second-order valence-corrected chi connectivity index (χ2v) is 5.59. The minimum absolute atomic E-state index is 0.168. The quantitative estimate of drug-likeness (QED) is 0.664. The monoisotopic (exact) mass is 347 g/mol. The lowest BCUT2D eigenvalue weighted by Gasteiger charge is -2.08. The predicted octanol–water partition coefficient (Wildman–Crippen LogP) is 1.85. The molecule has 0 radical (unpaired) electrons. The van der Waals surface area contributed by atoms with Crippen molar-refractivity contribution in [3.8, 4) is 22.5 Å². The number of aromatic nitrogens is 2. The lowest BCUT2D eigenvalue weighted by molar-refractivity contribution is 0.0961. The third-order valence-corrected chi connectivity index (χ3v) is 3.91. The fourth-order valence-corrected chi connectivity index (χ4v) is 2.48. The van der Waals surface area contributed by atoms with Gasteiger partial charge in [0.25, 0.3) is 5.91 Å². The van der Waals surface area contributed by atoms with Gasteiger partial charge in [-0.15, -0.1) is 0 Å². The molecule has 1 heterocycles. The molecule has 5 N–H and O–H groups in total. The number of hydrogen-bond acceptors (Lipinski definition) is 5. The Kier molecular flexibility index (Phi) is 4.62. The van der Waals surface area contributed by atoms with E-state index >= 15 is 0 Å². The number of carbonyl (C=O) groups excluding carboxylic acids is 2. The Morgan fingerprint density at radius 3 is 2.08 bits per heavy atom. The number of hydrogen-bond donors (Lipinski definition) is 3. The maximum Gasteiger partial charge on any atom is 0.251 e. The number of carbonyl (C=O) groups is 2. The number of nitrogens with zero attached hydrogens (tertiary/aromatic N) is 2. The molecule has 0 saturated heterocycles. The van der Waals surface area contributed by atoms with Gasteiger partial charge in [0.2, 0.25) is 5.91 Å². The van der Waals surface area contributed by atoms with E-state index in [2.05, 4.69) is 15.3 Å². The van der Waals surface area contributed by atoms with Crippen molar-refractivity contribution in [2.24, 2.45) is 5.73 Å². The lowest BCUT2D eigenvalue weighted by Crippen LogP contribution is -2.17. The number of nitrogens with two attached hydrogens (primary N) is 2. The number of amides is 2. The average molecular weight is 347 g/mol. The van der Waals surface area contributed by atoms with Crippen LogP contribution in [-0.2, 0) is 0 Å². The first-order valence-corrected chi connectivity index (χ1v) is 7.85. The van der Waals surface area contributed by atoms with Crippen LogP contribution in [0.5, 0.6) is 0 Å². The van der Waals surface area contributed by atoms with E-state index in [0.717, 1.165) is 11.1 Å². The van der Waals surface area contributed by atoms with Crippen molar-refractivity contribution in [3.05, 3.63) is 65.9 Å². The van der Waals surface area contributed by atoms with Gasteiger partial charge in [0.05, 0.1) is 11.9 Å². The summed E-state index contributed by atoms with van der Waals surface area (Å²) in [6.07, 6.45) is 1.57. The van der Waals surface area contributed by atoms with E-state index in [-0.39, 0.29) is 11.7 Å². The summed E-state index contributed by atoms with van der Waals surface area (Å²) in [7, 11) is 1.58. The van der Waals surface area contributed by atoms with Crippen molar-refractivity contribution in [1.29, 1.82) is 0 Å². The molecule has 0 aliphatic carbocycles. The normalized spacial score (nSPS) is 10.3. The van der Waals surface area contributed by atoms with Crippen LogP contribution in [0.4, 0.5) is 5.82 Å². The summed E-state index contributed by atoms with van der Waals surface area (Å²) in [6.45, 7) is 0. The first kappa shape index (κ1) is 17.1. The standard InChI is InChI=1S/C19H17N5O2/c1-22-19(26)14-8-4-12(5-9-14)16-17(20)23-10-15(24-16)11-2-6-13(7-3-11)18(21)25/h2-10H,1H3,(H2,20,23)(H2,21,25)(H,22,26). The van der Waals surface area contributed by atoms with E-state index < -0.39 is 5.91 Å². The highest BCUT2D eigenvalue weighted by Gasteiger charge is 2.11. The molecule has 3 aromatic rings. The fourth-order valence-electron chi connectivity index (χ4n) is 2.48. The Balaban J connectivity index is 1.97. The molecule has 0 unspecified atom stereocenters. The molecule has 7 heteroatoms. The first-order chi connectivity index (χ1) is 12.5. The van der Waals surface area contributed by atoms with E-state index in [1.165, 1.54) is 0 Å². The van der Waals surface area contributed by atoms with Crippen LogP contribution in [0.3, 0.4) is 0 Å². The Bertz CT molecular complexity index is 966. The Morgan fingerprint density at radius 1 is 0.923 bits per heavy atom. The minimum Gasteiger partial charge on any atom is -0.382 e. The van der Waals surface area contributed by atoms with E-state index in [0.29, 0.717) is 22.5 Å². The highest BCUT2D eigenvalue weighted by atomic mass is 16.1. The molecular formula is C19H17N5O2. The molecule has 0 aliphatic rings. The number of anilines is 1. The summed E-state index contributed by atoms with van der Waals surface area (Å²) in [5.41, 5.74) is 14.9. The molecule has 0 aliphatic heterocycles. The van der Waals surface area contributed by atoms with Crippen LogP contribution in [0, 0.1) is 0 Å². The maximum absolute atomic E-state index is 11.6. The molecule has 7 nitrogen and oxygen atoms in total. The number of benzene rings is 2. The van der Waals surface area contributed by atoms with Gasteiger partial charge in [0.1, 0.15) is 11.5 Å². The molecule has 3 rings (SSSR count). The van der Waals surface area contributed by atoms with Gasteiger partial charge < -0.3 is 16.8 Å². The van der Waals surface area contributed by atoms with E-state index in [9.17, 15) is 9.59 Å². The second-order valence-electron chi connectivity index (χ2n) is 5.59. The van der Waals surface area contributed by atoms with Gasteiger partial charge in [0, 0.05) is 29.3 Å². The highest BCUT2D eigenvalue weighted by molar-refractivity contribution is 5.94. The summed E-state index contributed by atoms with van der Waals surface area (Å²) in [6, 6.07) is 13.7. The Hall–Kier alpha value is -3.74. The maximum atomic E-state index is 11.6. The molecule has 130 valence electrons. The third-order valence-electron chi connectivity index (χ3n) is 3.91. The van der Waals surface area contributed by atoms with Crippen LogP contribution < -0.4 is 16.8 Å². The van der Waals surface area contributed by atoms with Crippen LogP contribution >= 0.6 is 0 Å². The molecule has 0 spiro atoms. The van der Waals surface area contributed by atoms with Crippen molar-refractivity contribution >= 4 is 17.6 Å². The van der Waals surface area contributed by atoms with Gasteiger partial charge in [-0.3, -0.25) is 9.59 Å². The molecule has 2 amide bonds. The largest absolute Gasteiger partial charge is 0.382 e. The number of nitrogen functional groups attached to an aromatic ring is 1. The van der Waals surface area contributed by atoms with E-state index in [1.807, 2.05) is 0 Å². The van der Waals surface area contributed by atoms with Crippen molar-refractivity contribution < 1.29 is 9.59 Å². The van der Waals surface area contributed by atoms with Crippen LogP contribution in [0.2, 0.25) is 0 Å². The topological polar surface area (TPSA) is 124 Å². The molecule has 0 bridgehead atoms. The van der Waals surface area contributed by atoms with Gasteiger partial charge in [-0.2, -0.15) is 0 Å². The smallest absolute Gasteiger partial charge is 0.251 e. The van der Waals surface area contributed by atoms with E-state index in [4.69, 9.17) is 11.5 Å². The number of nitrogens with one attached hydrogen (secondary N) is 1. The summed E-state index contributed by atoms with van der Waals surface area (Å²) in [5.74, 6) is -0.370. The van der Waals surface area contributed by atoms with Gasteiger partial charge >= 0.3 is 0 Å². The molecule has 0 fully saturated rings. The zero-order valence-corrected chi connectivity index (χ0v) is 14.1. The molecule has 2 aromatic carbocycles. The van der Waals surface area contributed by atoms with Crippen LogP contribution in [0.25, 0.3) is 22.5 Å². The second kappa shape index (κ2) is 7.02. The molecule has 0 saturated carbocycles. The van der Waals surface area contributed by atoms with Crippen molar-refractivity contribution in [2.45, 2.75) is 0 Å². The van der Waals surface area contributed by atoms with Gasteiger partial charge in [-0.05, 0) is 24.3 Å². The fraction of sp³-hybridized carbons (Fsp3) is 0.0526. The zero-order valence-electron chi connectivity index (χ0n) is 14.1. The summed E-state index contributed by atoms with van der Waals surface area (Å²) < 4.78 is 0. The summed E-state index contributed by atoms with van der Waals surface area (Å²) in [4.78, 5) is 31.6. The third kappa shape index (κ3) is 3.36. The van der Waals surface area contributed by atoms with Crippen molar-refractivity contribution in [1.82, 2.24) is 15.3 Å². The molecular weight excluding hydrogens is 330 g/mol. The van der Waals surface area contributed by atoms with Gasteiger partial charge in [-0.25, -0.2) is 9.97 Å². The lowest BCUT2D eigenvalue weighted by atomic mass is 10.1. The summed E-state index contributed by atoms with van der Waals surface area (Å²) >= 11 is 0. The van der Waals surface area contributed by atoms with Gasteiger partial charge in [-0.1, -0.05) is 24.3 Å². The van der Waals surface area contributed by atoms with Crippen LogP contribution in [-0.4, -0.2) is 28.8 Å². The first-order valence-electron chi connectivity index (χ1n) is 7.85. The Labute approximate surface area is 150 Å². The van der Waals surface area contributed by atoms with E-state index in [1.54, 1.807) is 61.8 Å². The predicted molar refractivity (Wildman–Crippen MR) is 99.2 cm³/mol. The van der Waals surface area contributed by atoms with Crippen LogP contribution in [0.15, 0.2) is 54.7 Å². The molecule has 0 atom stereocenters. The van der Waals surface area contributed by atoms with Gasteiger partial charge in [0.15, 0.2) is 0 Å². The molecule has 1 aromatic heterocycles. The van der Waals surface area contributed by atoms with Crippen LogP contribution in [0.1, 0.15) is 20.7 Å². The van der Waals surface area contributed by atoms with Crippen molar-refractivity contribution in [2.75, 3.05) is 12.8 Å². The number of primary amides is 1. The molecule has 26 heavy (non-hydrogen) atoms. The zero-order chi connectivity index (χ0) is 18.7. The number of rotatable bonds is 4. The SMILES string of the molecule is CNC(=O)c1ccc(-c2nc(-c3ccc(C(N)=O)cc3)cnc2N)cc1. The minimum atomic E-state index is -0.489.